The van der Waals surface area contributed by atoms with Crippen LogP contribution in [0.25, 0.3) is 5.69 Å². The highest BCUT2D eigenvalue weighted by Crippen LogP contribution is 2.17. The Kier molecular flexibility index (Phi) is 4.44. The fourth-order valence-electron chi connectivity index (χ4n) is 2.66. The number of amides is 1. The lowest BCUT2D eigenvalue weighted by atomic mass is 10.1. The standard InChI is InChI=1S/C19H15FN6O/c20-15-5-3-6-16(10-15)26-9-8-18(24-26)19(27)23-17-7-2-1-4-14(17)11-25-13-21-12-22-25/h1-10,12-13H,11H2,(H,23,27). The minimum atomic E-state index is -0.365. The van der Waals surface area contributed by atoms with E-state index < -0.39 is 0 Å². The van der Waals surface area contributed by atoms with Crippen LogP contribution < -0.4 is 5.32 Å². The van der Waals surface area contributed by atoms with Gasteiger partial charge in [-0.25, -0.2) is 18.7 Å². The van der Waals surface area contributed by atoms with Crippen LogP contribution in [0.5, 0.6) is 0 Å². The summed E-state index contributed by atoms with van der Waals surface area (Å²) in [7, 11) is 0. The molecular weight excluding hydrogens is 347 g/mol. The summed E-state index contributed by atoms with van der Waals surface area (Å²) in [6, 6.07) is 15.0. The Morgan fingerprint density at radius 3 is 2.81 bits per heavy atom. The number of hydrogen-bond donors (Lipinski definition) is 1. The minimum Gasteiger partial charge on any atom is -0.320 e. The third-order valence-corrected chi connectivity index (χ3v) is 3.96. The summed E-state index contributed by atoms with van der Waals surface area (Å²) in [5.74, 6) is -0.716. The summed E-state index contributed by atoms with van der Waals surface area (Å²) in [5, 5.41) is 11.2. The van der Waals surface area contributed by atoms with Gasteiger partial charge in [0, 0.05) is 11.9 Å². The van der Waals surface area contributed by atoms with E-state index in [0.29, 0.717) is 17.9 Å². The summed E-state index contributed by atoms with van der Waals surface area (Å²) in [5.41, 5.74) is 2.33. The summed E-state index contributed by atoms with van der Waals surface area (Å²) in [4.78, 5) is 16.5. The molecule has 4 aromatic rings. The van der Waals surface area contributed by atoms with E-state index >= 15 is 0 Å². The van der Waals surface area contributed by atoms with Gasteiger partial charge in [-0.05, 0) is 35.9 Å². The first kappa shape index (κ1) is 16.6. The molecule has 8 heteroatoms. The van der Waals surface area contributed by atoms with Crippen molar-refractivity contribution in [1.82, 2.24) is 24.5 Å². The molecule has 0 fully saturated rings. The van der Waals surface area contributed by atoms with Crippen molar-refractivity contribution in [1.29, 1.82) is 0 Å². The summed E-state index contributed by atoms with van der Waals surface area (Å²) in [6.45, 7) is 0.480. The summed E-state index contributed by atoms with van der Waals surface area (Å²) in [6.07, 6.45) is 4.69. The second kappa shape index (κ2) is 7.20. The topological polar surface area (TPSA) is 77.6 Å². The molecule has 2 aromatic carbocycles. The second-order valence-corrected chi connectivity index (χ2v) is 5.83. The van der Waals surface area contributed by atoms with E-state index in [9.17, 15) is 9.18 Å². The van der Waals surface area contributed by atoms with E-state index in [1.807, 2.05) is 24.3 Å². The maximum atomic E-state index is 13.4. The lowest BCUT2D eigenvalue weighted by molar-refractivity contribution is 0.102. The van der Waals surface area contributed by atoms with Crippen LogP contribution in [0.15, 0.2) is 73.4 Å². The number of nitrogens with one attached hydrogen (secondary N) is 1. The number of aromatic nitrogens is 5. The number of para-hydroxylation sites is 1. The SMILES string of the molecule is O=C(Nc1ccccc1Cn1cncn1)c1ccn(-c2cccc(F)c2)n1. The predicted molar refractivity (Wildman–Crippen MR) is 97.0 cm³/mol. The highest BCUT2D eigenvalue weighted by Gasteiger charge is 2.13. The van der Waals surface area contributed by atoms with Crippen molar-refractivity contribution in [3.8, 4) is 5.69 Å². The molecule has 2 heterocycles. The number of halogens is 1. The van der Waals surface area contributed by atoms with Crippen molar-refractivity contribution >= 4 is 11.6 Å². The molecule has 0 radical (unpaired) electrons. The molecule has 0 aliphatic rings. The van der Waals surface area contributed by atoms with Crippen molar-refractivity contribution in [2.24, 2.45) is 0 Å². The highest BCUT2D eigenvalue weighted by atomic mass is 19.1. The number of hydrogen-bond acceptors (Lipinski definition) is 4. The second-order valence-electron chi connectivity index (χ2n) is 5.83. The Hall–Kier alpha value is -3.81. The van der Waals surface area contributed by atoms with Crippen LogP contribution in [-0.4, -0.2) is 30.5 Å². The Bertz CT molecular complexity index is 1070. The molecule has 1 N–H and O–H groups in total. The van der Waals surface area contributed by atoms with Gasteiger partial charge in [-0.1, -0.05) is 24.3 Å². The molecule has 0 saturated carbocycles. The van der Waals surface area contributed by atoms with Crippen LogP contribution in [0.2, 0.25) is 0 Å². The molecule has 0 saturated heterocycles. The van der Waals surface area contributed by atoms with Crippen LogP contribution in [-0.2, 0) is 6.54 Å². The largest absolute Gasteiger partial charge is 0.320 e. The highest BCUT2D eigenvalue weighted by molar-refractivity contribution is 6.03. The van der Waals surface area contributed by atoms with Gasteiger partial charge in [0.15, 0.2) is 5.69 Å². The third kappa shape index (κ3) is 3.74. The Balaban J connectivity index is 1.53. The number of rotatable bonds is 5. The molecule has 0 bridgehead atoms. The van der Waals surface area contributed by atoms with E-state index in [2.05, 4.69) is 20.5 Å². The molecule has 0 unspecified atom stereocenters. The molecule has 0 spiro atoms. The maximum Gasteiger partial charge on any atom is 0.276 e. The fraction of sp³-hybridized carbons (Fsp3) is 0.0526. The van der Waals surface area contributed by atoms with E-state index in [1.165, 1.54) is 23.1 Å². The van der Waals surface area contributed by atoms with Crippen LogP contribution in [0.1, 0.15) is 16.1 Å². The van der Waals surface area contributed by atoms with Gasteiger partial charge in [-0.3, -0.25) is 4.79 Å². The normalized spacial score (nSPS) is 10.7. The summed E-state index contributed by atoms with van der Waals surface area (Å²) < 4.78 is 16.5. The smallest absolute Gasteiger partial charge is 0.276 e. The zero-order valence-electron chi connectivity index (χ0n) is 14.2. The van der Waals surface area contributed by atoms with Crippen LogP contribution in [0.4, 0.5) is 10.1 Å². The lowest BCUT2D eigenvalue weighted by Gasteiger charge is -2.10. The number of anilines is 1. The molecule has 0 atom stereocenters. The summed E-state index contributed by atoms with van der Waals surface area (Å²) >= 11 is 0. The Labute approximate surface area is 154 Å². The molecule has 4 rings (SSSR count). The fourth-order valence-corrected chi connectivity index (χ4v) is 2.66. The van der Waals surface area contributed by atoms with Gasteiger partial charge in [0.05, 0.1) is 12.2 Å². The molecular formula is C19H15FN6O. The molecule has 0 aliphatic heterocycles. The van der Waals surface area contributed by atoms with Crippen molar-refractivity contribution in [3.05, 3.63) is 90.5 Å². The number of benzene rings is 2. The van der Waals surface area contributed by atoms with Gasteiger partial charge in [-0.2, -0.15) is 10.2 Å². The van der Waals surface area contributed by atoms with Gasteiger partial charge in [-0.15, -0.1) is 0 Å². The molecule has 1 amide bonds. The van der Waals surface area contributed by atoms with Crippen LogP contribution in [0.3, 0.4) is 0 Å². The predicted octanol–water partition coefficient (Wildman–Crippen LogP) is 2.90. The maximum absolute atomic E-state index is 13.4. The van der Waals surface area contributed by atoms with E-state index in [4.69, 9.17) is 0 Å². The number of carbonyl (C=O) groups excluding carboxylic acids is 1. The Morgan fingerprint density at radius 1 is 1.11 bits per heavy atom. The molecule has 2 aromatic heterocycles. The average Bonchev–Trinajstić information content (AvgIpc) is 3.35. The molecule has 134 valence electrons. The quantitative estimate of drug-likeness (QED) is 0.592. The average molecular weight is 362 g/mol. The molecule has 7 nitrogen and oxygen atoms in total. The molecule has 0 aliphatic carbocycles. The van der Waals surface area contributed by atoms with Gasteiger partial charge in [0.1, 0.15) is 18.5 Å². The zero-order valence-corrected chi connectivity index (χ0v) is 14.2. The minimum absolute atomic E-state index is 0.231. The van der Waals surface area contributed by atoms with Gasteiger partial charge in [0.2, 0.25) is 0 Å². The van der Waals surface area contributed by atoms with E-state index in [0.717, 1.165) is 5.56 Å². The zero-order chi connectivity index (χ0) is 18.6. The van der Waals surface area contributed by atoms with Crippen molar-refractivity contribution in [3.63, 3.8) is 0 Å². The first-order chi connectivity index (χ1) is 13.2. The molecule has 27 heavy (non-hydrogen) atoms. The van der Waals surface area contributed by atoms with Gasteiger partial charge in [0.25, 0.3) is 5.91 Å². The first-order valence-electron chi connectivity index (χ1n) is 8.22. The monoisotopic (exact) mass is 362 g/mol. The van der Waals surface area contributed by atoms with Crippen molar-refractivity contribution in [2.45, 2.75) is 6.54 Å². The van der Waals surface area contributed by atoms with Gasteiger partial charge >= 0.3 is 0 Å². The first-order valence-corrected chi connectivity index (χ1v) is 8.22. The Morgan fingerprint density at radius 2 is 2.00 bits per heavy atom. The lowest BCUT2D eigenvalue weighted by Crippen LogP contribution is -2.15. The van der Waals surface area contributed by atoms with E-state index in [-0.39, 0.29) is 17.4 Å². The third-order valence-electron chi connectivity index (χ3n) is 3.96. The van der Waals surface area contributed by atoms with Crippen molar-refractivity contribution in [2.75, 3.05) is 5.32 Å². The van der Waals surface area contributed by atoms with E-state index in [1.54, 1.807) is 35.4 Å². The number of carbonyl (C=O) groups is 1. The van der Waals surface area contributed by atoms with Crippen LogP contribution >= 0.6 is 0 Å². The van der Waals surface area contributed by atoms with Crippen LogP contribution in [0, 0.1) is 5.82 Å². The number of nitrogens with zero attached hydrogens (tertiary/aromatic N) is 5. The van der Waals surface area contributed by atoms with Crippen molar-refractivity contribution < 1.29 is 9.18 Å². The van der Waals surface area contributed by atoms with Gasteiger partial charge < -0.3 is 5.32 Å².